The van der Waals surface area contributed by atoms with Gasteiger partial charge >= 0.3 is 0 Å². The molecule has 0 atom stereocenters. The molecule has 1 aliphatic heterocycles. The third-order valence-corrected chi connectivity index (χ3v) is 9.38. The standard InChI is InChI=1S/C42H40N6O/c1-41(2,3)28-16-20-44-39(22-28)47-27-46(36-18-19-43-26-38(36)47)30-10-9-11-31(24-30)49-32-14-15-34-33-12-7-8-13-35(33)48(37(34)25-32)40-23-29(17-21-45-40)42(4,5)6/h7-26H,27H2,1-6H3. The van der Waals surface area contributed by atoms with Gasteiger partial charge in [0.25, 0.3) is 0 Å². The lowest BCUT2D eigenvalue weighted by molar-refractivity contribution is 0.483. The van der Waals surface area contributed by atoms with Crippen molar-refractivity contribution in [3.63, 3.8) is 0 Å². The number of hydrogen-bond acceptors (Lipinski definition) is 6. The summed E-state index contributed by atoms with van der Waals surface area (Å²) in [6.45, 7) is 14.0. The lowest BCUT2D eigenvalue weighted by Gasteiger charge is -2.24. The number of rotatable bonds is 5. The fourth-order valence-electron chi connectivity index (χ4n) is 6.68. The van der Waals surface area contributed by atoms with Gasteiger partial charge in [-0.05, 0) is 82.6 Å². The zero-order chi connectivity index (χ0) is 33.9. The normalized spacial score (nSPS) is 13.3. The van der Waals surface area contributed by atoms with Crippen molar-refractivity contribution in [3.8, 4) is 17.3 Å². The highest BCUT2D eigenvalue weighted by atomic mass is 16.5. The van der Waals surface area contributed by atoms with Crippen LogP contribution < -0.4 is 14.5 Å². The van der Waals surface area contributed by atoms with Crippen molar-refractivity contribution < 1.29 is 4.74 Å². The Morgan fingerprint density at radius 2 is 1.27 bits per heavy atom. The van der Waals surface area contributed by atoms with E-state index in [1.54, 1.807) is 0 Å². The van der Waals surface area contributed by atoms with Gasteiger partial charge in [0.15, 0.2) is 0 Å². The summed E-state index contributed by atoms with van der Waals surface area (Å²) in [5.41, 5.74) is 7.79. The maximum absolute atomic E-state index is 6.61. The van der Waals surface area contributed by atoms with Crippen molar-refractivity contribution in [3.05, 3.63) is 133 Å². The van der Waals surface area contributed by atoms with Gasteiger partial charge in [0.05, 0.1) is 28.6 Å². The number of hydrogen-bond donors (Lipinski definition) is 0. The molecule has 3 aromatic carbocycles. The fourth-order valence-corrected chi connectivity index (χ4v) is 6.68. The summed E-state index contributed by atoms with van der Waals surface area (Å²) in [6, 6.07) is 33.8. The van der Waals surface area contributed by atoms with Crippen molar-refractivity contribution in [2.45, 2.75) is 52.4 Å². The van der Waals surface area contributed by atoms with E-state index < -0.39 is 0 Å². The Morgan fingerprint density at radius 3 is 2.04 bits per heavy atom. The quantitative estimate of drug-likeness (QED) is 0.186. The van der Waals surface area contributed by atoms with Crippen LogP contribution in [0, 0.1) is 0 Å². The zero-order valence-electron chi connectivity index (χ0n) is 28.8. The van der Waals surface area contributed by atoms with Crippen LogP contribution in [0.2, 0.25) is 0 Å². The molecule has 0 saturated carbocycles. The largest absolute Gasteiger partial charge is 0.457 e. The first kappa shape index (κ1) is 30.6. The van der Waals surface area contributed by atoms with Crippen molar-refractivity contribution >= 4 is 44.7 Å². The predicted molar refractivity (Wildman–Crippen MR) is 200 cm³/mol. The molecule has 244 valence electrons. The molecule has 5 heterocycles. The van der Waals surface area contributed by atoms with E-state index in [0.717, 1.165) is 56.6 Å². The Bertz CT molecular complexity index is 2350. The number of benzene rings is 3. The van der Waals surface area contributed by atoms with E-state index in [1.165, 1.54) is 16.5 Å². The molecule has 4 aromatic heterocycles. The second-order valence-corrected chi connectivity index (χ2v) is 14.8. The molecule has 0 aliphatic carbocycles. The molecule has 0 unspecified atom stereocenters. The van der Waals surface area contributed by atoms with E-state index in [2.05, 4.69) is 146 Å². The van der Waals surface area contributed by atoms with Gasteiger partial charge in [0.2, 0.25) is 0 Å². The van der Waals surface area contributed by atoms with Crippen molar-refractivity contribution in [1.82, 2.24) is 19.5 Å². The second-order valence-electron chi connectivity index (χ2n) is 14.8. The first-order valence-electron chi connectivity index (χ1n) is 16.8. The van der Waals surface area contributed by atoms with Gasteiger partial charge in [-0.15, -0.1) is 0 Å². The molecule has 49 heavy (non-hydrogen) atoms. The lowest BCUT2D eigenvalue weighted by atomic mass is 9.88. The van der Waals surface area contributed by atoms with Gasteiger partial charge in [0, 0.05) is 47.2 Å². The molecule has 1 aliphatic rings. The summed E-state index contributed by atoms with van der Waals surface area (Å²) < 4.78 is 8.85. The van der Waals surface area contributed by atoms with Crippen LogP contribution in [0.25, 0.3) is 27.6 Å². The van der Waals surface area contributed by atoms with E-state index >= 15 is 0 Å². The molecule has 0 saturated heterocycles. The summed E-state index contributed by atoms with van der Waals surface area (Å²) in [7, 11) is 0. The summed E-state index contributed by atoms with van der Waals surface area (Å²) >= 11 is 0. The predicted octanol–water partition coefficient (Wildman–Crippen LogP) is 10.6. The molecule has 7 heteroatoms. The molecule has 0 bridgehead atoms. The Morgan fingerprint density at radius 1 is 0.571 bits per heavy atom. The first-order valence-corrected chi connectivity index (χ1v) is 16.8. The van der Waals surface area contributed by atoms with Gasteiger partial charge < -0.3 is 14.5 Å². The Labute approximate surface area is 287 Å². The van der Waals surface area contributed by atoms with Gasteiger partial charge in [0.1, 0.15) is 29.8 Å². The highest BCUT2D eigenvalue weighted by Crippen LogP contribution is 2.44. The molecular formula is C42H40N6O. The maximum Gasteiger partial charge on any atom is 0.137 e. The molecular weight excluding hydrogens is 605 g/mol. The third-order valence-electron chi connectivity index (χ3n) is 9.38. The average molecular weight is 645 g/mol. The summed E-state index contributed by atoms with van der Waals surface area (Å²) in [5.74, 6) is 3.32. The van der Waals surface area contributed by atoms with E-state index in [1.807, 2.05) is 36.9 Å². The van der Waals surface area contributed by atoms with Crippen LogP contribution in [0.15, 0.2) is 122 Å². The maximum atomic E-state index is 6.61. The minimum Gasteiger partial charge on any atom is -0.457 e. The van der Waals surface area contributed by atoms with Gasteiger partial charge in [-0.3, -0.25) is 9.55 Å². The van der Waals surface area contributed by atoms with Crippen LogP contribution in [0.5, 0.6) is 11.5 Å². The van der Waals surface area contributed by atoms with Crippen molar-refractivity contribution in [2.75, 3.05) is 16.5 Å². The van der Waals surface area contributed by atoms with E-state index in [0.29, 0.717) is 6.67 Å². The Balaban J connectivity index is 1.15. The van der Waals surface area contributed by atoms with Crippen LogP contribution >= 0.6 is 0 Å². The number of pyridine rings is 3. The minimum absolute atomic E-state index is 0.00606. The van der Waals surface area contributed by atoms with Gasteiger partial charge in [-0.2, -0.15) is 0 Å². The van der Waals surface area contributed by atoms with E-state index in [4.69, 9.17) is 14.7 Å². The zero-order valence-corrected chi connectivity index (χ0v) is 28.8. The SMILES string of the molecule is CC(C)(C)c1ccnc(N2CN(c3cccc(Oc4ccc5c6ccccc6n(-c6cc(C(C)(C)C)ccn6)c5c4)c3)c3ccncc32)c1. The number of anilines is 4. The molecule has 0 spiro atoms. The van der Waals surface area contributed by atoms with Crippen LogP contribution in [-0.4, -0.2) is 26.2 Å². The van der Waals surface area contributed by atoms with Gasteiger partial charge in [-0.1, -0.05) is 65.8 Å². The Kier molecular flexibility index (Phi) is 7.18. The third kappa shape index (κ3) is 5.55. The highest BCUT2D eigenvalue weighted by molar-refractivity contribution is 6.09. The number of nitrogens with zero attached hydrogens (tertiary/aromatic N) is 6. The van der Waals surface area contributed by atoms with E-state index in [-0.39, 0.29) is 10.8 Å². The number of aromatic nitrogens is 4. The Hall–Kier alpha value is -5.69. The lowest BCUT2D eigenvalue weighted by Crippen LogP contribution is -2.25. The van der Waals surface area contributed by atoms with Crippen molar-refractivity contribution in [2.24, 2.45) is 0 Å². The van der Waals surface area contributed by atoms with Crippen LogP contribution in [-0.2, 0) is 10.8 Å². The molecule has 0 fully saturated rings. The van der Waals surface area contributed by atoms with E-state index in [9.17, 15) is 0 Å². The monoisotopic (exact) mass is 644 g/mol. The number of ether oxygens (including phenoxy) is 1. The van der Waals surface area contributed by atoms with Crippen molar-refractivity contribution in [1.29, 1.82) is 0 Å². The fraction of sp³-hybridized carbons (Fsp3) is 0.214. The molecule has 0 N–H and O–H groups in total. The van der Waals surface area contributed by atoms with Gasteiger partial charge in [-0.25, -0.2) is 9.97 Å². The van der Waals surface area contributed by atoms with Crippen LogP contribution in [0.1, 0.15) is 52.7 Å². The average Bonchev–Trinajstić information content (AvgIpc) is 3.64. The molecule has 7 nitrogen and oxygen atoms in total. The molecule has 8 rings (SSSR count). The summed E-state index contributed by atoms with van der Waals surface area (Å²) in [4.78, 5) is 18.6. The smallest absolute Gasteiger partial charge is 0.137 e. The molecule has 7 aromatic rings. The number of fused-ring (bicyclic) bond motifs is 4. The molecule has 0 radical (unpaired) electrons. The number of para-hydroxylation sites is 1. The highest BCUT2D eigenvalue weighted by Gasteiger charge is 2.30. The second kappa shape index (κ2) is 11.5. The topological polar surface area (TPSA) is 59.3 Å². The molecule has 0 amide bonds. The first-order chi connectivity index (χ1) is 23.5. The summed E-state index contributed by atoms with van der Waals surface area (Å²) in [6.07, 6.45) is 7.57. The minimum atomic E-state index is 0.00606. The van der Waals surface area contributed by atoms with Crippen LogP contribution in [0.3, 0.4) is 0 Å². The van der Waals surface area contributed by atoms with Crippen LogP contribution in [0.4, 0.5) is 22.9 Å². The summed E-state index contributed by atoms with van der Waals surface area (Å²) in [5, 5.41) is 2.34.